The fourth-order valence-corrected chi connectivity index (χ4v) is 3.32. The van der Waals surface area contributed by atoms with Gasteiger partial charge in [0.1, 0.15) is 5.82 Å². The van der Waals surface area contributed by atoms with E-state index in [0.717, 1.165) is 5.82 Å². The van der Waals surface area contributed by atoms with Gasteiger partial charge in [0.15, 0.2) is 0 Å². The van der Waals surface area contributed by atoms with Crippen molar-refractivity contribution >= 4 is 16.8 Å². The highest BCUT2D eigenvalue weighted by atomic mass is 16.2. The van der Waals surface area contributed by atoms with E-state index < -0.39 is 0 Å². The topological polar surface area (TPSA) is 73.0 Å². The number of rotatable bonds is 2. The molecule has 1 aliphatic rings. The van der Waals surface area contributed by atoms with Crippen LogP contribution in [0.15, 0.2) is 41.5 Å². The first kappa shape index (κ1) is 16.5. The monoisotopic (exact) mass is 351 g/mol. The van der Waals surface area contributed by atoms with Crippen LogP contribution in [0.4, 0.5) is 0 Å². The summed E-state index contributed by atoms with van der Waals surface area (Å²) in [4.78, 5) is 32.0. The molecule has 3 aromatic rings. The smallest absolute Gasteiger partial charge is 0.261 e. The number of carbonyl (C=O) groups excluding carboxylic acids is 1. The molecule has 0 atom stereocenters. The minimum Gasteiger partial charge on any atom is -0.336 e. The standard InChI is InChI=1S/C19H21N5O2/c1-13(2)24-12-14(11-20-24)18(25)22-8-7-17-21-16-6-4-3-5-15(16)19(26)23(17)10-9-22/h3-6,11-13H,7-10H2,1-2H3. The van der Waals surface area contributed by atoms with Crippen LogP contribution in [-0.2, 0) is 13.0 Å². The summed E-state index contributed by atoms with van der Waals surface area (Å²) in [6.07, 6.45) is 3.95. The molecule has 0 bridgehead atoms. The van der Waals surface area contributed by atoms with E-state index >= 15 is 0 Å². The lowest BCUT2D eigenvalue weighted by atomic mass is 10.2. The van der Waals surface area contributed by atoms with Crippen molar-refractivity contribution in [1.29, 1.82) is 0 Å². The van der Waals surface area contributed by atoms with Crippen LogP contribution in [0.25, 0.3) is 10.9 Å². The zero-order chi connectivity index (χ0) is 18.3. The molecular weight excluding hydrogens is 330 g/mol. The predicted molar refractivity (Wildman–Crippen MR) is 98.2 cm³/mol. The summed E-state index contributed by atoms with van der Waals surface area (Å²) < 4.78 is 3.48. The maximum atomic E-state index is 12.8. The van der Waals surface area contributed by atoms with E-state index in [4.69, 9.17) is 0 Å². The zero-order valence-electron chi connectivity index (χ0n) is 14.9. The molecule has 7 nitrogen and oxygen atoms in total. The van der Waals surface area contributed by atoms with Gasteiger partial charge in [0, 0.05) is 38.3 Å². The Labute approximate surface area is 150 Å². The Kier molecular flexibility index (Phi) is 4.06. The lowest BCUT2D eigenvalue weighted by Gasteiger charge is -2.18. The molecule has 2 aromatic heterocycles. The summed E-state index contributed by atoms with van der Waals surface area (Å²) in [5.74, 6) is 0.684. The molecular formula is C19H21N5O2. The van der Waals surface area contributed by atoms with E-state index in [0.29, 0.717) is 42.5 Å². The summed E-state index contributed by atoms with van der Waals surface area (Å²) in [6.45, 7) is 5.52. The molecule has 4 rings (SSSR count). The first-order chi connectivity index (χ1) is 12.5. The number of benzene rings is 1. The Morgan fingerprint density at radius 2 is 1.96 bits per heavy atom. The minimum absolute atomic E-state index is 0.0347. The third kappa shape index (κ3) is 2.79. The van der Waals surface area contributed by atoms with Crippen molar-refractivity contribution < 1.29 is 4.79 Å². The maximum absolute atomic E-state index is 12.8. The number of amides is 1. The number of nitrogens with zero attached hydrogens (tertiary/aromatic N) is 5. The minimum atomic E-state index is -0.0534. The van der Waals surface area contributed by atoms with E-state index in [1.807, 2.05) is 32.0 Å². The van der Waals surface area contributed by atoms with Gasteiger partial charge >= 0.3 is 0 Å². The fraction of sp³-hybridized carbons (Fsp3) is 0.368. The largest absolute Gasteiger partial charge is 0.336 e. The number of para-hydroxylation sites is 1. The number of aromatic nitrogens is 4. The molecule has 26 heavy (non-hydrogen) atoms. The normalized spacial score (nSPS) is 14.5. The predicted octanol–water partition coefficient (Wildman–Crippen LogP) is 1.87. The van der Waals surface area contributed by atoms with Gasteiger partial charge in [0.25, 0.3) is 11.5 Å². The molecule has 0 saturated heterocycles. The molecule has 1 aliphatic heterocycles. The summed E-state index contributed by atoms with van der Waals surface area (Å²) >= 11 is 0. The lowest BCUT2D eigenvalue weighted by Crippen LogP contribution is -2.34. The van der Waals surface area contributed by atoms with E-state index in [1.54, 1.807) is 32.6 Å². The van der Waals surface area contributed by atoms with Gasteiger partial charge in [-0.3, -0.25) is 18.8 Å². The average Bonchev–Trinajstić information content (AvgIpc) is 3.04. The lowest BCUT2D eigenvalue weighted by molar-refractivity contribution is 0.0759. The SMILES string of the molecule is CC(C)n1cc(C(=O)N2CCc3nc4ccccc4c(=O)n3CC2)cn1. The molecule has 1 aromatic carbocycles. The molecule has 7 heteroatoms. The average molecular weight is 351 g/mol. The molecule has 3 heterocycles. The fourth-order valence-electron chi connectivity index (χ4n) is 3.32. The summed E-state index contributed by atoms with van der Waals surface area (Å²) in [7, 11) is 0. The first-order valence-electron chi connectivity index (χ1n) is 8.86. The Morgan fingerprint density at radius 3 is 2.73 bits per heavy atom. The Bertz CT molecular complexity index is 1030. The molecule has 0 fully saturated rings. The van der Waals surface area contributed by atoms with E-state index in [1.165, 1.54) is 0 Å². The Balaban J connectivity index is 1.61. The molecule has 0 aliphatic carbocycles. The van der Waals surface area contributed by atoms with Crippen molar-refractivity contribution in [3.05, 3.63) is 58.4 Å². The van der Waals surface area contributed by atoms with Crippen LogP contribution in [-0.4, -0.2) is 43.2 Å². The van der Waals surface area contributed by atoms with Gasteiger partial charge in [-0.05, 0) is 26.0 Å². The zero-order valence-corrected chi connectivity index (χ0v) is 14.9. The van der Waals surface area contributed by atoms with Gasteiger partial charge < -0.3 is 4.90 Å². The highest BCUT2D eigenvalue weighted by Gasteiger charge is 2.23. The molecule has 134 valence electrons. The molecule has 0 radical (unpaired) electrons. The second kappa shape index (κ2) is 6.40. The van der Waals surface area contributed by atoms with Crippen LogP contribution >= 0.6 is 0 Å². The van der Waals surface area contributed by atoms with Gasteiger partial charge in [-0.15, -0.1) is 0 Å². The summed E-state index contributed by atoms with van der Waals surface area (Å²) in [6, 6.07) is 7.58. The summed E-state index contributed by atoms with van der Waals surface area (Å²) in [5, 5.41) is 4.87. The van der Waals surface area contributed by atoms with Gasteiger partial charge in [-0.25, -0.2) is 4.98 Å². The van der Waals surface area contributed by atoms with Crippen LogP contribution < -0.4 is 5.56 Å². The van der Waals surface area contributed by atoms with Crippen molar-refractivity contribution in [3.63, 3.8) is 0 Å². The van der Waals surface area contributed by atoms with Crippen LogP contribution in [0.1, 0.15) is 36.1 Å². The number of hydrogen-bond donors (Lipinski definition) is 0. The Hall–Kier alpha value is -2.96. The van der Waals surface area contributed by atoms with Crippen LogP contribution in [0.2, 0.25) is 0 Å². The van der Waals surface area contributed by atoms with Crippen molar-refractivity contribution in [2.45, 2.75) is 32.9 Å². The van der Waals surface area contributed by atoms with Gasteiger partial charge in [-0.2, -0.15) is 5.10 Å². The van der Waals surface area contributed by atoms with Crippen LogP contribution in [0.3, 0.4) is 0 Å². The van der Waals surface area contributed by atoms with Gasteiger partial charge in [0.2, 0.25) is 0 Å². The highest BCUT2D eigenvalue weighted by molar-refractivity contribution is 5.93. The number of fused-ring (bicyclic) bond motifs is 2. The van der Waals surface area contributed by atoms with Crippen LogP contribution in [0.5, 0.6) is 0 Å². The van der Waals surface area contributed by atoms with E-state index in [-0.39, 0.29) is 17.5 Å². The number of carbonyl (C=O) groups is 1. The van der Waals surface area contributed by atoms with Gasteiger partial charge in [-0.1, -0.05) is 12.1 Å². The van der Waals surface area contributed by atoms with Crippen molar-refractivity contribution in [2.75, 3.05) is 13.1 Å². The second-order valence-corrected chi connectivity index (χ2v) is 6.85. The molecule has 0 spiro atoms. The molecule has 0 N–H and O–H groups in total. The van der Waals surface area contributed by atoms with Crippen LogP contribution in [0, 0.1) is 0 Å². The van der Waals surface area contributed by atoms with Crippen molar-refractivity contribution in [2.24, 2.45) is 0 Å². The summed E-state index contributed by atoms with van der Waals surface area (Å²) in [5.41, 5.74) is 1.25. The molecule has 0 unspecified atom stereocenters. The van der Waals surface area contributed by atoms with Crippen molar-refractivity contribution in [1.82, 2.24) is 24.2 Å². The van der Waals surface area contributed by atoms with E-state index in [9.17, 15) is 9.59 Å². The third-order valence-corrected chi connectivity index (χ3v) is 4.80. The first-order valence-corrected chi connectivity index (χ1v) is 8.86. The van der Waals surface area contributed by atoms with E-state index in [2.05, 4.69) is 10.1 Å². The highest BCUT2D eigenvalue weighted by Crippen LogP contribution is 2.14. The molecule has 0 saturated carbocycles. The molecule has 1 amide bonds. The Morgan fingerprint density at radius 1 is 1.15 bits per heavy atom. The van der Waals surface area contributed by atoms with Crippen molar-refractivity contribution in [3.8, 4) is 0 Å². The quantitative estimate of drug-likeness (QED) is 0.707. The van der Waals surface area contributed by atoms with Gasteiger partial charge in [0.05, 0.1) is 22.7 Å². The third-order valence-electron chi connectivity index (χ3n) is 4.80. The maximum Gasteiger partial charge on any atom is 0.261 e. The second-order valence-electron chi connectivity index (χ2n) is 6.85. The number of hydrogen-bond acceptors (Lipinski definition) is 4.